The lowest BCUT2D eigenvalue weighted by atomic mass is 10.3. The lowest BCUT2D eigenvalue weighted by molar-refractivity contribution is 0.326. The fraction of sp³-hybridized carbons (Fsp3) is 0.667. The van der Waals surface area contributed by atoms with Crippen LogP contribution in [0, 0.1) is 0 Å². The maximum atomic E-state index is 5.75. The first-order valence-corrected chi connectivity index (χ1v) is 6.75. The van der Waals surface area contributed by atoms with E-state index < -0.39 is 0 Å². The molecule has 86 valence electrons. The summed E-state index contributed by atoms with van der Waals surface area (Å²) in [4.78, 5) is 3.24. The zero-order valence-electron chi connectivity index (χ0n) is 9.57. The molecule has 1 atom stereocenters. The van der Waals surface area contributed by atoms with Gasteiger partial charge in [-0.25, -0.2) is 0 Å². The van der Waals surface area contributed by atoms with Crippen molar-refractivity contribution in [3.05, 3.63) is 0 Å². The second-order valence-electron chi connectivity index (χ2n) is 3.62. The van der Waals surface area contributed by atoms with Crippen molar-refractivity contribution in [2.24, 2.45) is 0 Å². The smallest absolute Gasteiger partial charge is 0.153 e. The highest BCUT2D eigenvalue weighted by atomic mass is 32.2. The van der Waals surface area contributed by atoms with Gasteiger partial charge in [0, 0.05) is 12.6 Å². The van der Waals surface area contributed by atoms with Gasteiger partial charge in [0.05, 0.1) is 4.90 Å². The first kappa shape index (κ1) is 12.6. The Labute approximate surface area is 99.4 Å². The van der Waals surface area contributed by atoms with Crippen molar-refractivity contribution in [1.82, 2.24) is 9.27 Å². The van der Waals surface area contributed by atoms with Crippen LogP contribution in [0.25, 0.3) is 0 Å². The Morgan fingerprint density at radius 1 is 1.60 bits per heavy atom. The molecule has 0 fully saturated rings. The monoisotopic (exact) mass is 246 g/mol. The molecule has 1 heterocycles. The molecule has 15 heavy (non-hydrogen) atoms. The Morgan fingerprint density at radius 3 is 2.80 bits per heavy atom. The summed E-state index contributed by atoms with van der Waals surface area (Å²) < 4.78 is 4.13. The van der Waals surface area contributed by atoms with Crippen LogP contribution in [0.15, 0.2) is 4.90 Å². The number of thioether (sulfide) groups is 1. The number of nitrogens with one attached hydrogen (secondary N) is 1. The Balaban J connectivity index is 2.57. The predicted octanol–water partition coefficient (Wildman–Crippen LogP) is 1.81. The van der Waals surface area contributed by atoms with Crippen LogP contribution in [-0.4, -0.2) is 42.2 Å². The molecule has 0 aromatic carbocycles. The van der Waals surface area contributed by atoms with Crippen molar-refractivity contribution in [1.29, 1.82) is 0 Å². The van der Waals surface area contributed by atoms with E-state index in [2.05, 4.69) is 35.6 Å². The van der Waals surface area contributed by atoms with Crippen molar-refractivity contribution >= 4 is 34.1 Å². The van der Waals surface area contributed by atoms with Crippen molar-refractivity contribution in [2.45, 2.75) is 17.9 Å². The summed E-state index contributed by atoms with van der Waals surface area (Å²) in [6, 6.07) is 0.489. The summed E-state index contributed by atoms with van der Waals surface area (Å²) in [5.74, 6) is 0.632. The van der Waals surface area contributed by atoms with Gasteiger partial charge in [0.2, 0.25) is 0 Å². The molecule has 0 amide bonds. The number of nitrogens with two attached hydrogens (primary N) is 1. The van der Waals surface area contributed by atoms with Crippen molar-refractivity contribution in [2.75, 3.05) is 37.9 Å². The highest BCUT2D eigenvalue weighted by Gasteiger charge is 2.11. The average molecular weight is 246 g/mol. The maximum Gasteiger partial charge on any atom is 0.153 e. The molecule has 0 aliphatic heterocycles. The third-order valence-electron chi connectivity index (χ3n) is 2.32. The first-order valence-electron chi connectivity index (χ1n) is 4.75. The van der Waals surface area contributed by atoms with E-state index in [1.54, 1.807) is 11.8 Å². The summed E-state index contributed by atoms with van der Waals surface area (Å²) in [6.07, 6.45) is 2.01. The molecule has 4 nitrogen and oxygen atoms in total. The number of hydrogen-bond donors (Lipinski definition) is 2. The first-order chi connectivity index (χ1) is 7.06. The third-order valence-corrected chi connectivity index (χ3v) is 4.09. The normalized spacial score (nSPS) is 13.1. The number of rotatable bonds is 5. The second kappa shape index (κ2) is 5.58. The van der Waals surface area contributed by atoms with Crippen LogP contribution in [0.1, 0.15) is 6.92 Å². The summed E-state index contributed by atoms with van der Waals surface area (Å²) in [7, 11) is 4.14. The summed E-state index contributed by atoms with van der Waals surface area (Å²) in [6.45, 7) is 3.08. The molecule has 0 radical (unpaired) electrons. The van der Waals surface area contributed by atoms with E-state index in [9.17, 15) is 0 Å². The molecule has 0 bridgehead atoms. The molecule has 0 saturated carbocycles. The van der Waals surface area contributed by atoms with E-state index >= 15 is 0 Å². The average Bonchev–Trinajstić information content (AvgIpc) is 2.55. The molecular weight excluding hydrogens is 228 g/mol. The predicted molar refractivity (Wildman–Crippen MR) is 69.9 cm³/mol. The van der Waals surface area contributed by atoms with Gasteiger partial charge in [-0.3, -0.25) is 0 Å². The van der Waals surface area contributed by atoms with E-state index in [4.69, 9.17) is 5.73 Å². The summed E-state index contributed by atoms with van der Waals surface area (Å²) in [5.41, 5.74) is 5.75. The quantitative estimate of drug-likeness (QED) is 0.776. The molecule has 1 unspecified atom stereocenters. The van der Waals surface area contributed by atoms with Gasteiger partial charge in [0.25, 0.3) is 0 Å². The van der Waals surface area contributed by atoms with Gasteiger partial charge in [-0.1, -0.05) is 0 Å². The molecule has 1 rings (SSSR count). The third kappa shape index (κ3) is 3.25. The van der Waals surface area contributed by atoms with Gasteiger partial charge in [-0.05, 0) is 38.8 Å². The lowest BCUT2D eigenvalue weighted by Gasteiger charge is -2.20. The fourth-order valence-corrected chi connectivity index (χ4v) is 2.58. The molecule has 0 aliphatic carbocycles. The minimum atomic E-state index is 0.489. The van der Waals surface area contributed by atoms with Crippen LogP contribution in [0.5, 0.6) is 0 Å². The van der Waals surface area contributed by atoms with Crippen LogP contribution < -0.4 is 11.1 Å². The van der Waals surface area contributed by atoms with Crippen molar-refractivity contribution in [3.63, 3.8) is 0 Å². The van der Waals surface area contributed by atoms with E-state index in [1.165, 1.54) is 11.5 Å². The largest absolute Gasteiger partial charge is 0.382 e. The van der Waals surface area contributed by atoms with Gasteiger partial charge in [-0.2, -0.15) is 4.37 Å². The fourth-order valence-electron chi connectivity index (χ4n) is 1.03. The van der Waals surface area contributed by atoms with E-state index in [0.717, 1.165) is 16.4 Å². The second-order valence-corrected chi connectivity index (χ2v) is 5.21. The number of likely N-dealkylation sites (N-methyl/N-ethyl adjacent to an activating group) is 1. The lowest BCUT2D eigenvalue weighted by Crippen LogP contribution is -2.31. The highest BCUT2D eigenvalue weighted by Crippen LogP contribution is 2.34. The molecule has 3 N–H and O–H groups in total. The minimum absolute atomic E-state index is 0.489. The molecular formula is C9H18N4S2. The molecule has 0 saturated heterocycles. The van der Waals surface area contributed by atoms with E-state index in [0.29, 0.717) is 11.9 Å². The van der Waals surface area contributed by atoms with Crippen LogP contribution in [-0.2, 0) is 0 Å². The van der Waals surface area contributed by atoms with Crippen LogP contribution in [0.2, 0.25) is 0 Å². The Bertz CT molecular complexity index is 311. The highest BCUT2D eigenvalue weighted by molar-refractivity contribution is 7.99. The van der Waals surface area contributed by atoms with E-state index in [1.807, 2.05) is 6.26 Å². The summed E-state index contributed by atoms with van der Waals surface area (Å²) in [5, 5.41) is 4.46. The number of nitrogens with zero attached hydrogens (tertiary/aromatic N) is 2. The number of hydrogen-bond acceptors (Lipinski definition) is 6. The van der Waals surface area contributed by atoms with Gasteiger partial charge < -0.3 is 16.0 Å². The standard InChI is InChI=1S/C9H18N4S2/c1-6(13(2)3)5-11-9-7(14-4)8(10)12-15-9/h6,11H,5H2,1-4H3,(H2,10,12). The Kier molecular flexibility index (Phi) is 4.69. The molecule has 0 aliphatic rings. The SMILES string of the molecule is CSc1c(N)nsc1NCC(C)N(C)C. The van der Waals surface area contributed by atoms with Crippen molar-refractivity contribution in [3.8, 4) is 0 Å². The van der Waals surface area contributed by atoms with E-state index in [-0.39, 0.29) is 0 Å². The number of anilines is 2. The topological polar surface area (TPSA) is 54.2 Å². The zero-order valence-corrected chi connectivity index (χ0v) is 11.2. The Hall–Kier alpha value is -0.460. The minimum Gasteiger partial charge on any atom is -0.382 e. The molecule has 1 aromatic rings. The van der Waals surface area contributed by atoms with Crippen LogP contribution in [0.3, 0.4) is 0 Å². The molecule has 6 heteroatoms. The number of aromatic nitrogens is 1. The molecule has 1 aromatic heterocycles. The Morgan fingerprint density at radius 2 is 2.27 bits per heavy atom. The van der Waals surface area contributed by atoms with Crippen LogP contribution in [0.4, 0.5) is 10.8 Å². The van der Waals surface area contributed by atoms with Gasteiger partial charge >= 0.3 is 0 Å². The molecule has 0 spiro atoms. The van der Waals surface area contributed by atoms with Gasteiger partial charge in [-0.15, -0.1) is 11.8 Å². The maximum absolute atomic E-state index is 5.75. The van der Waals surface area contributed by atoms with Gasteiger partial charge in [0.15, 0.2) is 5.82 Å². The summed E-state index contributed by atoms with van der Waals surface area (Å²) >= 11 is 3.06. The van der Waals surface area contributed by atoms with Crippen molar-refractivity contribution < 1.29 is 0 Å². The van der Waals surface area contributed by atoms with Crippen LogP contribution >= 0.6 is 23.3 Å². The van der Waals surface area contributed by atoms with Gasteiger partial charge in [0.1, 0.15) is 5.00 Å². The number of nitrogen functional groups attached to an aromatic ring is 1. The zero-order chi connectivity index (χ0) is 11.4.